The van der Waals surface area contributed by atoms with Gasteiger partial charge in [0.2, 0.25) is 0 Å². The first-order valence-electron chi connectivity index (χ1n) is 31.1. The number of nitrogens with zero attached hydrogens (tertiary/aromatic N) is 4. The van der Waals surface area contributed by atoms with Gasteiger partial charge in [-0.25, -0.2) is 0 Å². The van der Waals surface area contributed by atoms with Crippen LogP contribution in [0.25, 0.3) is 33.4 Å². The minimum absolute atomic E-state index is 0.0340. The third-order valence-corrected chi connectivity index (χ3v) is 18.1. The van der Waals surface area contributed by atoms with Crippen LogP contribution in [0.2, 0.25) is 0 Å². The van der Waals surface area contributed by atoms with E-state index >= 15 is 0 Å². The average Bonchev–Trinajstić information content (AvgIpc) is 0.772. The molecule has 432 valence electrons. The molecule has 0 saturated heterocycles. The summed E-state index contributed by atoms with van der Waals surface area (Å²) in [4.78, 5) is 10.1. The number of furan rings is 1. The predicted octanol–water partition coefficient (Wildman–Crippen LogP) is 21.3. The molecule has 0 aliphatic carbocycles. The minimum Gasteiger partial charge on any atom is -0.456 e. The number of anilines is 12. The molecule has 2 aliphatic heterocycles. The van der Waals surface area contributed by atoms with Crippen LogP contribution < -0.4 is 36.0 Å². The van der Waals surface area contributed by atoms with Gasteiger partial charge in [0, 0.05) is 67.8 Å². The van der Waals surface area contributed by atoms with Crippen molar-refractivity contribution in [1.82, 2.24) is 0 Å². The van der Waals surface area contributed by atoms with E-state index in [4.69, 9.17) is 4.42 Å². The molecule has 0 atom stereocenters. The molecule has 0 radical (unpaired) electrons. The largest absolute Gasteiger partial charge is 0.456 e. The molecule has 5 nitrogen and oxygen atoms in total. The van der Waals surface area contributed by atoms with Crippen molar-refractivity contribution in [2.45, 2.75) is 92.4 Å². The molecule has 0 unspecified atom stereocenters. The molecule has 14 rings (SSSR count). The Kier molecular flexibility index (Phi) is 13.7. The lowest BCUT2D eigenvalue weighted by Gasteiger charge is -2.46. The Balaban J connectivity index is 1.12. The summed E-state index contributed by atoms with van der Waals surface area (Å²) < 4.78 is 6.82. The number of benzene rings is 11. The van der Waals surface area contributed by atoms with Crippen molar-refractivity contribution in [2.75, 3.05) is 19.6 Å². The second-order valence-corrected chi connectivity index (χ2v) is 27.2. The van der Waals surface area contributed by atoms with Crippen LogP contribution >= 0.6 is 0 Å². The Morgan fingerprint density at radius 3 is 1.41 bits per heavy atom. The van der Waals surface area contributed by atoms with E-state index in [1.807, 2.05) is 0 Å². The number of aryl methyl sites for hydroxylation is 2. The fourth-order valence-electron chi connectivity index (χ4n) is 13.5. The zero-order chi connectivity index (χ0) is 60.8. The predicted molar refractivity (Wildman–Crippen MR) is 376 cm³/mol. The molecule has 0 fully saturated rings. The van der Waals surface area contributed by atoms with Crippen molar-refractivity contribution < 1.29 is 4.42 Å². The number of rotatable bonds is 10. The molecule has 0 saturated carbocycles. The van der Waals surface area contributed by atoms with Crippen molar-refractivity contribution in [1.29, 1.82) is 0 Å². The fourth-order valence-corrected chi connectivity index (χ4v) is 13.5. The molecule has 3 heterocycles. The summed E-state index contributed by atoms with van der Waals surface area (Å²) in [5.74, 6) is 0.823. The van der Waals surface area contributed by atoms with Gasteiger partial charge in [0.15, 0.2) is 0 Å². The van der Waals surface area contributed by atoms with Crippen molar-refractivity contribution in [3.05, 3.63) is 283 Å². The summed E-state index contributed by atoms with van der Waals surface area (Å²) in [7, 11) is 0. The third kappa shape index (κ3) is 10.0. The molecule has 0 spiro atoms. The van der Waals surface area contributed by atoms with Crippen LogP contribution in [-0.2, 0) is 16.2 Å². The van der Waals surface area contributed by atoms with Crippen LogP contribution in [0.4, 0.5) is 68.2 Å². The lowest BCUT2D eigenvalue weighted by Crippen LogP contribution is -2.61. The van der Waals surface area contributed by atoms with Gasteiger partial charge >= 0.3 is 0 Å². The highest BCUT2D eigenvalue weighted by Gasteiger charge is 2.45. The first-order chi connectivity index (χ1) is 42.4. The van der Waals surface area contributed by atoms with E-state index in [9.17, 15) is 0 Å². The lowest BCUT2D eigenvalue weighted by atomic mass is 9.33. The van der Waals surface area contributed by atoms with E-state index in [2.05, 4.69) is 351 Å². The van der Waals surface area contributed by atoms with E-state index in [-0.39, 0.29) is 23.0 Å². The smallest absolute Gasteiger partial charge is 0.252 e. The van der Waals surface area contributed by atoms with Gasteiger partial charge in [-0.3, -0.25) is 0 Å². The molecular weight excluding hydrogens is 1070 g/mol. The SMILES string of the molecule is Cc1cccc(C)c1N1c2cc(N(c3ccccc3)c3ccccc3)ccc2B2c3cc(C(C)(C)C)ccc3N(c3cc(-c4ccccc4)cc(-c4cc5ccccc5o4)c3)c3cc(N(c4ccc(C(C)(C)C)cc4)c4ccc(C(C)(C)C)cc4)cc1c32. The Labute approximate surface area is 520 Å². The molecule has 88 heavy (non-hydrogen) atoms. The quantitative estimate of drug-likeness (QED) is 0.127. The second kappa shape index (κ2) is 21.6. The number of para-hydroxylation sites is 4. The van der Waals surface area contributed by atoms with Gasteiger partial charge < -0.3 is 24.0 Å². The Hall–Kier alpha value is -9.78. The first-order valence-corrected chi connectivity index (χ1v) is 31.1. The fraction of sp³-hybridized carbons (Fsp3) is 0.171. The Morgan fingerprint density at radius 2 is 0.830 bits per heavy atom. The number of fused-ring (bicyclic) bond motifs is 5. The maximum Gasteiger partial charge on any atom is 0.252 e. The second-order valence-electron chi connectivity index (χ2n) is 27.2. The van der Waals surface area contributed by atoms with E-state index in [1.165, 1.54) is 49.9 Å². The van der Waals surface area contributed by atoms with Gasteiger partial charge in [0.05, 0.1) is 11.4 Å². The number of hydrogen-bond donors (Lipinski definition) is 0. The summed E-state index contributed by atoms with van der Waals surface area (Å²) in [6.07, 6.45) is 0. The van der Waals surface area contributed by atoms with Crippen LogP contribution in [0.1, 0.15) is 90.1 Å². The summed E-state index contributed by atoms with van der Waals surface area (Å²) in [6.45, 7) is 25.2. The Morgan fingerprint density at radius 1 is 0.341 bits per heavy atom. The van der Waals surface area contributed by atoms with Gasteiger partial charge in [-0.1, -0.05) is 208 Å². The zero-order valence-electron chi connectivity index (χ0n) is 52.5. The normalized spacial score (nSPS) is 12.9. The molecular formula is C82H75BN4O. The van der Waals surface area contributed by atoms with Crippen LogP contribution in [0.15, 0.2) is 259 Å². The minimum atomic E-state index is -0.170. The standard InChI is InChI=1S/C82H75BN4O/c1-54-24-23-25-55(2)79(54)87-73-51-67(84(63-29-17-13-18-30-63)64-31-19-14-20-32-64)43-44-70(73)83-71-50-62(82(9,10)11)38-45-72(71)86(68-47-58(56-26-15-12-16-27-56)46-59(48-68)77-49-57-28-21-22-33-76(57)88-77)74-52-69(53-75(87)78(74)83)85(65-39-34-60(35-40-65)80(3,4)5)66-41-36-61(37-42-66)81(6,7)8/h12-53H,1-11H3. The summed E-state index contributed by atoms with van der Waals surface area (Å²) >= 11 is 0. The van der Waals surface area contributed by atoms with E-state index in [0.29, 0.717) is 0 Å². The molecule has 12 aromatic rings. The summed E-state index contributed by atoms with van der Waals surface area (Å²) in [6, 6.07) is 94.9. The highest BCUT2D eigenvalue weighted by atomic mass is 16.3. The zero-order valence-corrected chi connectivity index (χ0v) is 52.5. The lowest BCUT2D eigenvalue weighted by molar-refractivity contribution is 0.590. The topological polar surface area (TPSA) is 26.1 Å². The van der Waals surface area contributed by atoms with Gasteiger partial charge in [-0.05, 0) is 195 Å². The highest BCUT2D eigenvalue weighted by Crippen LogP contribution is 2.52. The summed E-state index contributed by atoms with van der Waals surface area (Å²) in [5.41, 5.74) is 27.0. The van der Waals surface area contributed by atoms with Crippen LogP contribution in [0, 0.1) is 13.8 Å². The molecule has 6 heteroatoms. The third-order valence-electron chi connectivity index (χ3n) is 18.1. The van der Waals surface area contributed by atoms with Gasteiger partial charge in [-0.2, -0.15) is 0 Å². The first kappa shape index (κ1) is 56.1. The Bertz CT molecular complexity index is 4440. The maximum absolute atomic E-state index is 6.82. The van der Waals surface area contributed by atoms with E-state index in [0.717, 1.165) is 96.0 Å². The van der Waals surface area contributed by atoms with Crippen molar-refractivity contribution in [3.63, 3.8) is 0 Å². The molecule has 0 N–H and O–H groups in total. The van der Waals surface area contributed by atoms with Crippen molar-refractivity contribution in [3.8, 4) is 22.5 Å². The molecule has 0 amide bonds. The van der Waals surface area contributed by atoms with Crippen LogP contribution in [-0.4, -0.2) is 6.71 Å². The highest BCUT2D eigenvalue weighted by molar-refractivity contribution is 7.00. The van der Waals surface area contributed by atoms with Gasteiger partial charge in [0.1, 0.15) is 11.3 Å². The van der Waals surface area contributed by atoms with Crippen LogP contribution in [0.5, 0.6) is 0 Å². The summed E-state index contributed by atoms with van der Waals surface area (Å²) in [5, 5.41) is 1.07. The molecule has 2 aliphatic rings. The average molecular weight is 1140 g/mol. The van der Waals surface area contributed by atoms with Crippen molar-refractivity contribution >= 4 is 102 Å². The van der Waals surface area contributed by atoms with E-state index < -0.39 is 0 Å². The van der Waals surface area contributed by atoms with Crippen LogP contribution in [0.3, 0.4) is 0 Å². The van der Waals surface area contributed by atoms with E-state index in [1.54, 1.807) is 0 Å². The molecule has 1 aromatic heterocycles. The molecule has 11 aromatic carbocycles. The monoisotopic (exact) mass is 1140 g/mol. The van der Waals surface area contributed by atoms with Crippen molar-refractivity contribution in [2.24, 2.45) is 0 Å². The molecule has 0 bridgehead atoms. The van der Waals surface area contributed by atoms with Gasteiger partial charge in [0.25, 0.3) is 6.71 Å². The number of hydrogen-bond acceptors (Lipinski definition) is 5. The van der Waals surface area contributed by atoms with Gasteiger partial charge in [-0.15, -0.1) is 0 Å². The maximum atomic E-state index is 6.82.